The van der Waals surface area contributed by atoms with Crippen molar-refractivity contribution in [2.24, 2.45) is 0 Å². The predicted molar refractivity (Wildman–Crippen MR) is 131 cm³/mol. The number of barbiturate groups is 1. The standard InChI is InChI=1S/C27H24N2O6/c1-17-4-6-18(7-5-17)16-35-21-11-9-20(10-12-21)29-26(31)22(25(30)28-27(29)32)14-19-8-13-23(33-2)24(15-19)34-3/h4-15H,16H2,1-3H3,(H,28,30,32). The quantitative estimate of drug-likeness (QED) is 0.408. The molecule has 4 amide bonds. The fourth-order valence-electron chi connectivity index (χ4n) is 3.54. The summed E-state index contributed by atoms with van der Waals surface area (Å²) in [5, 5.41) is 2.22. The maximum absolute atomic E-state index is 13.1. The molecule has 1 aliphatic heterocycles. The molecular weight excluding hydrogens is 448 g/mol. The van der Waals surface area contributed by atoms with E-state index >= 15 is 0 Å². The Kier molecular flexibility index (Phi) is 6.82. The molecule has 0 unspecified atom stereocenters. The molecule has 0 saturated carbocycles. The predicted octanol–water partition coefficient (Wildman–Crippen LogP) is 4.26. The highest BCUT2D eigenvalue weighted by Crippen LogP contribution is 2.30. The fourth-order valence-corrected chi connectivity index (χ4v) is 3.54. The highest BCUT2D eigenvalue weighted by molar-refractivity contribution is 6.39. The Morgan fingerprint density at radius 1 is 0.857 bits per heavy atom. The molecule has 0 bridgehead atoms. The van der Waals surface area contributed by atoms with Crippen molar-refractivity contribution in [3.8, 4) is 17.2 Å². The molecule has 1 fully saturated rings. The van der Waals surface area contributed by atoms with E-state index in [9.17, 15) is 14.4 Å². The van der Waals surface area contributed by atoms with Gasteiger partial charge >= 0.3 is 6.03 Å². The Bertz CT molecular complexity index is 1300. The number of nitrogens with zero attached hydrogens (tertiary/aromatic N) is 1. The number of anilines is 1. The second-order valence-electron chi connectivity index (χ2n) is 7.84. The molecule has 0 spiro atoms. The molecule has 1 N–H and O–H groups in total. The van der Waals surface area contributed by atoms with Gasteiger partial charge in [0.2, 0.25) is 0 Å². The van der Waals surface area contributed by atoms with E-state index in [1.807, 2.05) is 31.2 Å². The summed E-state index contributed by atoms with van der Waals surface area (Å²) < 4.78 is 16.3. The highest BCUT2D eigenvalue weighted by atomic mass is 16.5. The maximum atomic E-state index is 13.1. The first kappa shape index (κ1) is 23.6. The summed E-state index contributed by atoms with van der Waals surface area (Å²) in [6.07, 6.45) is 1.40. The van der Waals surface area contributed by atoms with E-state index < -0.39 is 17.8 Å². The molecule has 0 atom stereocenters. The van der Waals surface area contributed by atoms with E-state index in [4.69, 9.17) is 14.2 Å². The Labute approximate surface area is 202 Å². The van der Waals surface area contributed by atoms with Crippen LogP contribution >= 0.6 is 0 Å². The van der Waals surface area contributed by atoms with E-state index in [-0.39, 0.29) is 5.57 Å². The molecular formula is C27H24N2O6. The molecule has 1 aliphatic rings. The van der Waals surface area contributed by atoms with Gasteiger partial charge in [-0.25, -0.2) is 9.69 Å². The van der Waals surface area contributed by atoms with Crippen molar-refractivity contribution < 1.29 is 28.6 Å². The molecule has 8 nitrogen and oxygen atoms in total. The molecule has 0 radical (unpaired) electrons. The zero-order valence-corrected chi connectivity index (χ0v) is 19.5. The van der Waals surface area contributed by atoms with E-state index in [0.29, 0.717) is 35.1 Å². The van der Waals surface area contributed by atoms with Gasteiger partial charge in [0.15, 0.2) is 11.5 Å². The van der Waals surface area contributed by atoms with Crippen LogP contribution in [0, 0.1) is 6.92 Å². The van der Waals surface area contributed by atoms with Crippen molar-refractivity contribution in [2.75, 3.05) is 19.1 Å². The van der Waals surface area contributed by atoms with Crippen LogP contribution in [-0.4, -0.2) is 32.1 Å². The van der Waals surface area contributed by atoms with E-state index in [1.54, 1.807) is 42.5 Å². The van der Waals surface area contributed by atoms with E-state index in [0.717, 1.165) is 10.5 Å². The Hall–Kier alpha value is -4.59. The van der Waals surface area contributed by atoms with Crippen LogP contribution < -0.4 is 24.4 Å². The molecule has 0 aromatic heterocycles. The van der Waals surface area contributed by atoms with Gasteiger partial charge < -0.3 is 14.2 Å². The van der Waals surface area contributed by atoms with Gasteiger partial charge in [0, 0.05) is 0 Å². The van der Waals surface area contributed by atoms with Gasteiger partial charge in [-0.15, -0.1) is 0 Å². The number of hydrogen-bond donors (Lipinski definition) is 1. The first-order chi connectivity index (χ1) is 16.9. The van der Waals surface area contributed by atoms with E-state index in [2.05, 4.69) is 5.32 Å². The number of urea groups is 1. The monoisotopic (exact) mass is 472 g/mol. The Balaban J connectivity index is 1.54. The Morgan fingerprint density at radius 2 is 1.54 bits per heavy atom. The van der Waals surface area contributed by atoms with Crippen LogP contribution in [0.2, 0.25) is 0 Å². The normalized spacial score (nSPS) is 14.7. The first-order valence-corrected chi connectivity index (χ1v) is 10.8. The van der Waals surface area contributed by atoms with Crippen molar-refractivity contribution in [3.63, 3.8) is 0 Å². The van der Waals surface area contributed by atoms with Crippen LogP contribution in [0.4, 0.5) is 10.5 Å². The number of rotatable bonds is 7. The number of ether oxygens (including phenoxy) is 3. The molecule has 8 heteroatoms. The topological polar surface area (TPSA) is 94.2 Å². The average molecular weight is 472 g/mol. The zero-order chi connectivity index (χ0) is 24.9. The van der Waals surface area contributed by atoms with Gasteiger partial charge in [-0.05, 0) is 60.5 Å². The third kappa shape index (κ3) is 5.16. The number of amides is 4. The summed E-state index contributed by atoms with van der Waals surface area (Å²) in [6.45, 7) is 2.40. The van der Waals surface area contributed by atoms with Crippen LogP contribution in [0.1, 0.15) is 16.7 Å². The number of hydrogen-bond acceptors (Lipinski definition) is 6. The smallest absolute Gasteiger partial charge is 0.335 e. The molecule has 178 valence electrons. The lowest BCUT2D eigenvalue weighted by molar-refractivity contribution is -0.122. The SMILES string of the molecule is COc1ccc(C=C2C(=O)NC(=O)N(c3ccc(OCc4ccc(C)cc4)cc3)C2=O)cc1OC. The summed E-state index contributed by atoms with van der Waals surface area (Å²) in [5.41, 5.74) is 2.85. The second-order valence-corrected chi connectivity index (χ2v) is 7.84. The Morgan fingerprint density at radius 3 is 2.20 bits per heavy atom. The second kappa shape index (κ2) is 10.1. The number of nitrogens with one attached hydrogen (secondary N) is 1. The number of methoxy groups -OCH3 is 2. The van der Waals surface area contributed by atoms with Crippen LogP contribution in [0.5, 0.6) is 17.2 Å². The molecule has 4 rings (SSSR count). The molecule has 35 heavy (non-hydrogen) atoms. The first-order valence-electron chi connectivity index (χ1n) is 10.8. The fraction of sp³-hybridized carbons (Fsp3) is 0.148. The van der Waals surface area contributed by atoms with Gasteiger partial charge in [-0.2, -0.15) is 0 Å². The van der Waals surface area contributed by atoms with Gasteiger partial charge in [-0.3, -0.25) is 14.9 Å². The molecule has 1 heterocycles. The lowest BCUT2D eigenvalue weighted by atomic mass is 10.1. The lowest BCUT2D eigenvalue weighted by Gasteiger charge is -2.26. The van der Waals surface area contributed by atoms with Gasteiger partial charge in [0.25, 0.3) is 11.8 Å². The van der Waals surface area contributed by atoms with Gasteiger partial charge in [0.05, 0.1) is 19.9 Å². The van der Waals surface area contributed by atoms with Crippen LogP contribution in [0.3, 0.4) is 0 Å². The number of carbonyl (C=O) groups excluding carboxylic acids is 3. The number of carbonyl (C=O) groups is 3. The molecule has 1 saturated heterocycles. The summed E-state index contributed by atoms with van der Waals surface area (Å²) in [6, 6.07) is 18.7. The molecule has 0 aliphatic carbocycles. The van der Waals surface area contributed by atoms with Crippen molar-refractivity contribution in [3.05, 3.63) is 89.0 Å². The van der Waals surface area contributed by atoms with Gasteiger partial charge in [0.1, 0.15) is 17.9 Å². The zero-order valence-electron chi connectivity index (χ0n) is 19.5. The maximum Gasteiger partial charge on any atom is 0.335 e. The number of aryl methyl sites for hydroxylation is 1. The summed E-state index contributed by atoms with van der Waals surface area (Å²) in [5.74, 6) is 0.0255. The average Bonchev–Trinajstić information content (AvgIpc) is 2.86. The van der Waals surface area contributed by atoms with Crippen molar-refractivity contribution in [1.29, 1.82) is 0 Å². The summed E-state index contributed by atoms with van der Waals surface area (Å²) in [7, 11) is 3.00. The van der Waals surface area contributed by atoms with Crippen LogP contribution in [0.15, 0.2) is 72.3 Å². The van der Waals surface area contributed by atoms with Crippen molar-refractivity contribution >= 4 is 29.6 Å². The van der Waals surface area contributed by atoms with Crippen molar-refractivity contribution in [1.82, 2.24) is 5.32 Å². The summed E-state index contributed by atoms with van der Waals surface area (Å²) >= 11 is 0. The third-order valence-corrected chi connectivity index (χ3v) is 5.44. The third-order valence-electron chi connectivity index (χ3n) is 5.44. The van der Waals surface area contributed by atoms with Gasteiger partial charge in [-0.1, -0.05) is 35.9 Å². The summed E-state index contributed by atoms with van der Waals surface area (Å²) in [4.78, 5) is 39.0. The minimum absolute atomic E-state index is 0.184. The minimum atomic E-state index is -0.821. The van der Waals surface area contributed by atoms with E-state index in [1.165, 1.54) is 25.9 Å². The van der Waals surface area contributed by atoms with Crippen molar-refractivity contribution in [2.45, 2.75) is 13.5 Å². The van der Waals surface area contributed by atoms with Crippen LogP contribution in [0.25, 0.3) is 6.08 Å². The lowest BCUT2D eigenvalue weighted by Crippen LogP contribution is -2.54. The number of imide groups is 2. The largest absolute Gasteiger partial charge is 0.493 e. The minimum Gasteiger partial charge on any atom is -0.493 e. The molecule has 3 aromatic rings. The molecule has 3 aromatic carbocycles. The highest BCUT2D eigenvalue weighted by Gasteiger charge is 2.36. The van der Waals surface area contributed by atoms with Crippen LogP contribution in [-0.2, 0) is 16.2 Å². The number of benzene rings is 3.